The molecule has 1 aliphatic carbocycles. The number of primary amides is 1. The summed E-state index contributed by atoms with van der Waals surface area (Å²) in [7, 11) is 0. The molecule has 2 aliphatic rings. The zero-order valence-electron chi connectivity index (χ0n) is 14.2. The highest BCUT2D eigenvalue weighted by atomic mass is 16.3. The van der Waals surface area contributed by atoms with E-state index in [4.69, 9.17) is 10.2 Å². The summed E-state index contributed by atoms with van der Waals surface area (Å²) < 4.78 is 5.96. The van der Waals surface area contributed by atoms with E-state index in [-0.39, 0.29) is 5.91 Å². The fourth-order valence-corrected chi connectivity index (χ4v) is 4.07. The predicted molar refractivity (Wildman–Crippen MR) is 93.1 cm³/mol. The fraction of sp³-hybridized carbons (Fsp3) is 0.526. The van der Waals surface area contributed by atoms with Gasteiger partial charge in [0.15, 0.2) is 11.5 Å². The number of carbonyl (C=O) groups is 2. The summed E-state index contributed by atoms with van der Waals surface area (Å²) in [6.45, 7) is 0.564. The van der Waals surface area contributed by atoms with E-state index in [1.54, 1.807) is 17.0 Å². The number of hydrogen-bond acceptors (Lipinski definition) is 4. The number of likely N-dealkylation sites (tertiary alicyclic amines) is 1. The minimum absolute atomic E-state index is 0.168. The number of hydrogen-bond donors (Lipinski definition) is 1. The third-order valence-corrected chi connectivity index (χ3v) is 5.45. The first-order chi connectivity index (χ1) is 12.1. The SMILES string of the molecule is NC(=O)[C@@H]1CCCN1C(=O)c1ccc2nc(C3CCCCC3)oc2c1. The third kappa shape index (κ3) is 3.01. The van der Waals surface area contributed by atoms with Crippen LogP contribution in [0, 0.1) is 0 Å². The van der Waals surface area contributed by atoms with Crippen LogP contribution in [-0.2, 0) is 4.79 Å². The molecular weight excluding hydrogens is 318 g/mol. The van der Waals surface area contributed by atoms with Crippen LogP contribution in [0.5, 0.6) is 0 Å². The first-order valence-electron chi connectivity index (χ1n) is 9.14. The Kier molecular flexibility index (Phi) is 4.19. The Balaban J connectivity index is 1.60. The average molecular weight is 341 g/mol. The smallest absolute Gasteiger partial charge is 0.254 e. The molecule has 6 heteroatoms. The lowest BCUT2D eigenvalue weighted by molar-refractivity contribution is -0.121. The zero-order valence-corrected chi connectivity index (χ0v) is 14.2. The van der Waals surface area contributed by atoms with Gasteiger partial charge in [-0.3, -0.25) is 9.59 Å². The van der Waals surface area contributed by atoms with Crippen LogP contribution in [0.4, 0.5) is 0 Å². The van der Waals surface area contributed by atoms with Crippen LogP contribution < -0.4 is 5.73 Å². The van der Waals surface area contributed by atoms with Gasteiger partial charge in [0.25, 0.3) is 5.91 Å². The minimum Gasteiger partial charge on any atom is -0.440 e. The van der Waals surface area contributed by atoms with Crippen molar-refractivity contribution >= 4 is 22.9 Å². The quantitative estimate of drug-likeness (QED) is 0.929. The minimum atomic E-state index is -0.504. The van der Waals surface area contributed by atoms with Gasteiger partial charge in [-0.15, -0.1) is 0 Å². The first-order valence-corrected chi connectivity index (χ1v) is 9.14. The second-order valence-electron chi connectivity index (χ2n) is 7.13. The van der Waals surface area contributed by atoms with E-state index in [0.29, 0.717) is 30.0 Å². The van der Waals surface area contributed by atoms with E-state index in [2.05, 4.69) is 4.98 Å². The second kappa shape index (κ2) is 6.50. The molecule has 1 saturated carbocycles. The number of nitrogens with two attached hydrogens (primary N) is 1. The number of oxazole rings is 1. The number of benzene rings is 1. The van der Waals surface area contributed by atoms with Crippen molar-refractivity contribution in [2.45, 2.75) is 56.9 Å². The lowest BCUT2D eigenvalue weighted by atomic mass is 9.89. The molecule has 1 aliphatic heterocycles. The number of fused-ring (bicyclic) bond motifs is 1. The lowest BCUT2D eigenvalue weighted by Crippen LogP contribution is -2.43. The third-order valence-electron chi connectivity index (χ3n) is 5.45. The van der Waals surface area contributed by atoms with Crippen molar-refractivity contribution in [3.8, 4) is 0 Å². The molecule has 2 amide bonds. The van der Waals surface area contributed by atoms with Gasteiger partial charge in [-0.2, -0.15) is 0 Å². The van der Waals surface area contributed by atoms with Crippen LogP contribution >= 0.6 is 0 Å². The van der Waals surface area contributed by atoms with Crippen LogP contribution in [-0.4, -0.2) is 34.3 Å². The monoisotopic (exact) mass is 341 g/mol. The second-order valence-corrected chi connectivity index (χ2v) is 7.13. The van der Waals surface area contributed by atoms with E-state index < -0.39 is 11.9 Å². The molecule has 1 aromatic carbocycles. The van der Waals surface area contributed by atoms with Gasteiger partial charge in [-0.05, 0) is 43.9 Å². The highest BCUT2D eigenvalue weighted by Gasteiger charge is 2.33. The molecule has 2 fully saturated rings. The highest BCUT2D eigenvalue weighted by molar-refractivity contribution is 5.99. The van der Waals surface area contributed by atoms with Gasteiger partial charge in [0.05, 0.1) is 0 Å². The summed E-state index contributed by atoms with van der Waals surface area (Å²) in [5.41, 5.74) is 7.36. The van der Waals surface area contributed by atoms with Gasteiger partial charge in [0, 0.05) is 18.0 Å². The Labute approximate surface area is 146 Å². The lowest BCUT2D eigenvalue weighted by Gasteiger charge is -2.22. The van der Waals surface area contributed by atoms with Crippen molar-refractivity contribution in [3.05, 3.63) is 29.7 Å². The molecule has 0 unspecified atom stereocenters. The molecule has 2 N–H and O–H groups in total. The van der Waals surface area contributed by atoms with Gasteiger partial charge >= 0.3 is 0 Å². The van der Waals surface area contributed by atoms with Crippen molar-refractivity contribution < 1.29 is 14.0 Å². The van der Waals surface area contributed by atoms with Gasteiger partial charge in [-0.1, -0.05) is 19.3 Å². The predicted octanol–water partition coefficient (Wildman–Crippen LogP) is 2.97. The molecule has 1 saturated heterocycles. The summed E-state index contributed by atoms with van der Waals surface area (Å²) in [4.78, 5) is 30.5. The molecule has 2 aromatic rings. The molecule has 0 bridgehead atoms. The molecule has 25 heavy (non-hydrogen) atoms. The van der Waals surface area contributed by atoms with E-state index >= 15 is 0 Å². The largest absolute Gasteiger partial charge is 0.440 e. The van der Waals surface area contributed by atoms with Crippen molar-refractivity contribution in [2.24, 2.45) is 5.73 Å². The molecule has 6 nitrogen and oxygen atoms in total. The van der Waals surface area contributed by atoms with Crippen LogP contribution in [0.25, 0.3) is 11.1 Å². The maximum Gasteiger partial charge on any atom is 0.254 e. The first kappa shape index (κ1) is 16.1. The van der Waals surface area contributed by atoms with Gasteiger partial charge < -0.3 is 15.1 Å². The maximum absolute atomic E-state index is 12.8. The molecule has 0 radical (unpaired) electrons. The van der Waals surface area contributed by atoms with Crippen molar-refractivity contribution in [2.75, 3.05) is 6.54 Å². The summed E-state index contributed by atoms with van der Waals surface area (Å²) >= 11 is 0. The molecule has 0 spiro atoms. The van der Waals surface area contributed by atoms with E-state index in [0.717, 1.165) is 30.7 Å². The summed E-state index contributed by atoms with van der Waals surface area (Å²) in [5.74, 6) is 0.568. The molecule has 2 heterocycles. The fourth-order valence-electron chi connectivity index (χ4n) is 4.07. The van der Waals surface area contributed by atoms with Crippen LogP contribution in [0.1, 0.15) is 67.1 Å². The summed E-state index contributed by atoms with van der Waals surface area (Å²) in [6, 6.07) is 4.82. The van der Waals surface area contributed by atoms with Crippen LogP contribution in [0.15, 0.2) is 22.6 Å². The normalized spacial score (nSPS) is 21.8. The summed E-state index contributed by atoms with van der Waals surface area (Å²) in [6.07, 6.45) is 7.39. The average Bonchev–Trinajstić information content (AvgIpc) is 3.28. The Morgan fingerprint density at radius 2 is 1.92 bits per heavy atom. The van der Waals surface area contributed by atoms with Crippen molar-refractivity contribution in [1.82, 2.24) is 9.88 Å². The van der Waals surface area contributed by atoms with Crippen molar-refractivity contribution in [1.29, 1.82) is 0 Å². The topological polar surface area (TPSA) is 89.4 Å². The van der Waals surface area contributed by atoms with Gasteiger partial charge in [0.2, 0.25) is 5.91 Å². The molecule has 4 rings (SSSR count). The number of rotatable bonds is 3. The Morgan fingerprint density at radius 1 is 1.12 bits per heavy atom. The molecule has 1 atom stereocenters. The van der Waals surface area contributed by atoms with Gasteiger partial charge in [0.1, 0.15) is 11.6 Å². The molecular formula is C19H23N3O3. The van der Waals surface area contributed by atoms with E-state index in [1.807, 2.05) is 6.07 Å². The van der Waals surface area contributed by atoms with E-state index in [9.17, 15) is 9.59 Å². The summed E-state index contributed by atoms with van der Waals surface area (Å²) in [5, 5.41) is 0. The number of carbonyl (C=O) groups excluding carboxylic acids is 2. The standard InChI is InChI=1S/C19H23N3O3/c20-17(23)15-7-4-10-22(15)19(24)13-8-9-14-16(11-13)25-18(21-14)12-5-2-1-3-6-12/h8-9,11-12,15H,1-7,10H2,(H2,20,23)/t15-/m0/s1. The Hall–Kier alpha value is -2.37. The zero-order chi connectivity index (χ0) is 17.4. The highest BCUT2D eigenvalue weighted by Crippen LogP contribution is 2.34. The Morgan fingerprint density at radius 3 is 2.68 bits per heavy atom. The number of amides is 2. The van der Waals surface area contributed by atoms with Gasteiger partial charge in [-0.25, -0.2) is 4.98 Å². The van der Waals surface area contributed by atoms with Crippen molar-refractivity contribution in [3.63, 3.8) is 0 Å². The number of nitrogens with zero attached hydrogens (tertiary/aromatic N) is 2. The molecule has 132 valence electrons. The Bertz CT molecular complexity index is 807. The number of aromatic nitrogens is 1. The maximum atomic E-state index is 12.8. The van der Waals surface area contributed by atoms with E-state index in [1.165, 1.54) is 19.3 Å². The van der Waals surface area contributed by atoms with Crippen LogP contribution in [0.3, 0.4) is 0 Å². The van der Waals surface area contributed by atoms with Crippen LogP contribution in [0.2, 0.25) is 0 Å². The molecule has 1 aromatic heterocycles.